The highest BCUT2D eigenvalue weighted by Gasteiger charge is 2.19. The molecule has 0 unspecified atom stereocenters. The lowest BCUT2D eigenvalue weighted by atomic mass is 10.2. The molecule has 2 atom stereocenters. The molecule has 0 radical (unpaired) electrons. The van der Waals surface area contributed by atoms with Crippen molar-refractivity contribution in [3.63, 3.8) is 0 Å². The van der Waals surface area contributed by atoms with Gasteiger partial charge in [-0.05, 0) is 70.9 Å². The zero-order chi connectivity index (χ0) is 28.6. The van der Waals surface area contributed by atoms with Crippen LogP contribution in [0.4, 0.5) is 0 Å². The molecule has 39 heavy (non-hydrogen) atoms. The van der Waals surface area contributed by atoms with Gasteiger partial charge in [0.1, 0.15) is 12.1 Å². The Hall–Kier alpha value is -3.74. The molecule has 0 fully saturated rings. The third kappa shape index (κ3) is 18.2. The van der Waals surface area contributed by atoms with Crippen LogP contribution in [-0.4, -0.2) is 41.5 Å². The summed E-state index contributed by atoms with van der Waals surface area (Å²) in [5.41, 5.74) is 0.432. The summed E-state index contributed by atoms with van der Waals surface area (Å²) in [6.07, 6.45) is 30.8. The Morgan fingerprint density at radius 2 is 1.49 bits per heavy atom. The predicted molar refractivity (Wildman–Crippen MR) is 158 cm³/mol. The number of hydrogen-bond donors (Lipinski definition) is 2. The lowest BCUT2D eigenvalue weighted by Crippen LogP contribution is -2.42. The van der Waals surface area contributed by atoms with Crippen molar-refractivity contribution < 1.29 is 19.1 Å². The summed E-state index contributed by atoms with van der Waals surface area (Å²) in [4.78, 5) is 40.3. The van der Waals surface area contributed by atoms with E-state index in [-0.39, 0.29) is 18.4 Å². The number of carbonyl (C=O) groups excluding carboxylic acids is 3. The van der Waals surface area contributed by atoms with E-state index in [9.17, 15) is 14.4 Å². The number of hydrogen-bond acceptors (Lipinski definition) is 5. The number of ether oxygens (including phenoxy) is 1. The number of nitrogens with one attached hydrogen (secondary N) is 2. The van der Waals surface area contributed by atoms with E-state index in [4.69, 9.17) is 4.74 Å². The van der Waals surface area contributed by atoms with Gasteiger partial charge in [0.25, 0.3) is 5.91 Å². The highest BCUT2D eigenvalue weighted by molar-refractivity contribution is 5.93. The number of rotatable bonds is 19. The maximum Gasteiger partial charge on any atom is 0.328 e. The summed E-state index contributed by atoms with van der Waals surface area (Å²) in [6.45, 7) is 5.57. The second-order valence-corrected chi connectivity index (χ2v) is 9.09. The van der Waals surface area contributed by atoms with Crippen LogP contribution in [0, 0.1) is 0 Å². The van der Waals surface area contributed by atoms with E-state index >= 15 is 0 Å². The zero-order valence-corrected chi connectivity index (χ0v) is 23.7. The minimum absolute atomic E-state index is 0.160. The largest absolute Gasteiger partial charge is 0.459 e. The van der Waals surface area contributed by atoms with E-state index in [1.54, 1.807) is 32.2 Å². The first-order valence-corrected chi connectivity index (χ1v) is 13.9. The predicted octanol–water partition coefficient (Wildman–Crippen LogP) is 6.17. The normalized spacial score (nSPS) is 13.5. The van der Waals surface area contributed by atoms with Gasteiger partial charge in [0, 0.05) is 18.8 Å². The van der Waals surface area contributed by atoms with Crippen LogP contribution >= 0.6 is 0 Å². The highest BCUT2D eigenvalue weighted by Crippen LogP contribution is 2.02. The zero-order valence-electron chi connectivity index (χ0n) is 23.7. The molecule has 1 aromatic heterocycles. The van der Waals surface area contributed by atoms with Crippen LogP contribution < -0.4 is 10.6 Å². The minimum atomic E-state index is -0.761. The van der Waals surface area contributed by atoms with E-state index in [2.05, 4.69) is 83.3 Å². The number of carbonyl (C=O) groups is 3. The number of unbranched alkanes of at least 4 members (excludes halogenated alkanes) is 1. The average molecular weight is 536 g/mol. The number of amides is 2. The summed E-state index contributed by atoms with van der Waals surface area (Å²) >= 11 is 0. The molecule has 0 aliphatic carbocycles. The van der Waals surface area contributed by atoms with Gasteiger partial charge in [0.2, 0.25) is 5.91 Å². The Kier molecular flexibility index (Phi) is 19.0. The van der Waals surface area contributed by atoms with E-state index in [0.717, 1.165) is 38.5 Å². The van der Waals surface area contributed by atoms with E-state index < -0.39 is 18.1 Å². The first-order chi connectivity index (χ1) is 18.9. The molecule has 0 spiro atoms. The summed E-state index contributed by atoms with van der Waals surface area (Å²) in [6, 6.07) is 2.56. The monoisotopic (exact) mass is 535 g/mol. The van der Waals surface area contributed by atoms with Crippen LogP contribution in [0.15, 0.2) is 85.3 Å². The third-order valence-electron chi connectivity index (χ3n) is 5.45. The van der Waals surface area contributed by atoms with Gasteiger partial charge >= 0.3 is 5.97 Å². The van der Waals surface area contributed by atoms with Crippen molar-refractivity contribution in [2.75, 3.05) is 6.54 Å². The quantitative estimate of drug-likeness (QED) is 0.125. The Morgan fingerprint density at radius 1 is 0.897 bits per heavy atom. The van der Waals surface area contributed by atoms with Crippen molar-refractivity contribution in [3.05, 3.63) is 90.9 Å². The molecule has 0 aliphatic heterocycles. The number of allylic oxidation sites excluding steroid dienone is 10. The van der Waals surface area contributed by atoms with Crippen molar-refractivity contribution in [3.8, 4) is 0 Å². The van der Waals surface area contributed by atoms with Crippen molar-refractivity contribution >= 4 is 17.8 Å². The summed E-state index contributed by atoms with van der Waals surface area (Å²) < 4.78 is 5.33. The molecule has 0 aliphatic rings. The molecule has 2 amide bonds. The maximum atomic E-state index is 12.3. The summed E-state index contributed by atoms with van der Waals surface area (Å²) in [5, 5.41) is 5.37. The van der Waals surface area contributed by atoms with Gasteiger partial charge in [-0.3, -0.25) is 14.6 Å². The highest BCUT2D eigenvalue weighted by atomic mass is 16.5. The van der Waals surface area contributed by atoms with Gasteiger partial charge in [0.15, 0.2) is 0 Å². The van der Waals surface area contributed by atoms with E-state index in [0.29, 0.717) is 18.4 Å². The van der Waals surface area contributed by atoms with Crippen LogP contribution in [0.3, 0.4) is 0 Å². The molecule has 0 bridgehead atoms. The van der Waals surface area contributed by atoms with Crippen LogP contribution in [0.1, 0.15) is 82.5 Å². The molecular weight excluding hydrogens is 490 g/mol. The molecule has 2 N–H and O–H groups in total. The van der Waals surface area contributed by atoms with Crippen molar-refractivity contribution in [1.82, 2.24) is 15.6 Å². The minimum Gasteiger partial charge on any atom is -0.459 e. The SMILES string of the molecule is CCC=CCC=CCC=CCC=CCC=CCCCC(=O)N[C@@H](C)C(=O)O[C@H](C)CNC(=O)c1cccnc1. The Balaban J connectivity index is 2.10. The average Bonchev–Trinajstić information content (AvgIpc) is 2.93. The fourth-order valence-corrected chi connectivity index (χ4v) is 3.30. The standard InChI is InChI=1S/C32H45N3O4/c1-4-5-6-7-8-9-10-11-12-13-14-15-16-17-18-19-20-23-30(36)35-28(3)32(38)39-27(2)25-34-31(37)29-22-21-24-33-26-29/h5-6,8-9,11-12,14-15,17-18,21-22,24,26-28H,4,7,10,13,16,19-20,23,25H2,1-3H3,(H,34,37)(H,35,36)/t27-,28+/m1/s1. The molecule has 7 heteroatoms. The molecule has 0 aromatic carbocycles. The van der Waals surface area contributed by atoms with Gasteiger partial charge in [-0.2, -0.15) is 0 Å². The Labute approximate surface area is 234 Å². The van der Waals surface area contributed by atoms with Crippen molar-refractivity contribution in [1.29, 1.82) is 0 Å². The van der Waals surface area contributed by atoms with Gasteiger partial charge in [-0.15, -0.1) is 0 Å². The molecule has 1 rings (SSSR count). The maximum absolute atomic E-state index is 12.3. The smallest absolute Gasteiger partial charge is 0.328 e. The molecule has 0 saturated carbocycles. The van der Waals surface area contributed by atoms with Crippen LogP contribution in [0.2, 0.25) is 0 Å². The fraction of sp³-hybridized carbons (Fsp3) is 0.438. The fourth-order valence-electron chi connectivity index (χ4n) is 3.30. The van der Waals surface area contributed by atoms with Gasteiger partial charge < -0.3 is 15.4 Å². The molecule has 1 aromatic rings. The number of pyridine rings is 1. The molecule has 0 saturated heterocycles. The first kappa shape index (κ1) is 33.3. The molecule has 7 nitrogen and oxygen atoms in total. The number of esters is 1. The topological polar surface area (TPSA) is 97.4 Å². The second-order valence-electron chi connectivity index (χ2n) is 9.09. The van der Waals surface area contributed by atoms with E-state index in [1.807, 2.05) is 0 Å². The van der Waals surface area contributed by atoms with E-state index in [1.165, 1.54) is 6.20 Å². The second kappa shape index (κ2) is 22.3. The van der Waals surface area contributed by atoms with Crippen molar-refractivity contribution in [2.45, 2.75) is 84.3 Å². The number of aromatic nitrogens is 1. The Morgan fingerprint density at radius 3 is 2.05 bits per heavy atom. The Bertz CT molecular complexity index is 980. The first-order valence-electron chi connectivity index (χ1n) is 13.9. The summed E-state index contributed by atoms with van der Waals surface area (Å²) in [5.74, 6) is -1.02. The number of nitrogens with zero attached hydrogens (tertiary/aromatic N) is 1. The molecular formula is C32H45N3O4. The third-order valence-corrected chi connectivity index (χ3v) is 5.45. The van der Waals surface area contributed by atoms with Crippen LogP contribution in [0.25, 0.3) is 0 Å². The lowest BCUT2D eigenvalue weighted by Gasteiger charge is -2.18. The van der Waals surface area contributed by atoms with Crippen molar-refractivity contribution in [2.24, 2.45) is 0 Å². The molecule has 212 valence electrons. The van der Waals surface area contributed by atoms with Gasteiger partial charge in [-0.1, -0.05) is 67.7 Å². The molecule has 1 heterocycles. The summed E-state index contributed by atoms with van der Waals surface area (Å²) in [7, 11) is 0. The van der Waals surface area contributed by atoms with Gasteiger partial charge in [-0.25, -0.2) is 4.79 Å². The van der Waals surface area contributed by atoms with Crippen LogP contribution in [-0.2, 0) is 14.3 Å². The van der Waals surface area contributed by atoms with Crippen LogP contribution in [0.5, 0.6) is 0 Å². The lowest BCUT2D eigenvalue weighted by molar-refractivity contribution is -0.151. The van der Waals surface area contributed by atoms with Gasteiger partial charge in [0.05, 0.1) is 12.1 Å².